The molecule has 0 bridgehead atoms. The van der Waals surface area contributed by atoms with E-state index in [1.807, 2.05) is 0 Å². The van der Waals surface area contributed by atoms with Crippen LogP contribution in [-0.4, -0.2) is 6.54 Å². The van der Waals surface area contributed by atoms with Crippen LogP contribution in [0.25, 0.3) is 10.4 Å². The summed E-state index contributed by atoms with van der Waals surface area (Å²) in [4.78, 5) is 2.64. The summed E-state index contributed by atoms with van der Waals surface area (Å²) >= 11 is 9.22. The molecule has 0 amide bonds. The molecular formula is C12H12ClNS2. The number of nitrogens with one attached hydrogen (secondary N) is 1. The SMILES string of the molecule is C=C(Cl)CNCc1cc(-c2cccs2)cs1. The van der Waals surface area contributed by atoms with Gasteiger partial charge in [0.25, 0.3) is 0 Å². The van der Waals surface area contributed by atoms with Gasteiger partial charge in [0.05, 0.1) is 0 Å². The third-order valence-electron chi connectivity index (χ3n) is 2.08. The highest BCUT2D eigenvalue weighted by atomic mass is 35.5. The van der Waals surface area contributed by atoms with Crippen molar-refractivity contribution in [3.05, 3.63) is 45.4 Å². The van der Waals surface area contributed by atoms with Crippen molar-refractivity contribution in [2.45, 2.75) is 6.54 Å². The zero-order valence-corrected chi connectivity index (χ0v) is 11.1. The first-order chi connectivity index (χ1) is 7.75. The molecule has 0 saturated heterocycles. The lowest BCUT2D eigenvalue weighted by Crippen LogP contribution is -2.13. The molecule has 84 valence electrons. The van der Waals surface area contributed by atoms with Crippen LogP contribution in [0.15, 0.2) is 40.6 Å². The second-order valence-electron chi connectivity index (χ2n) is 3.40. The fourth-order valence-corrected chi connectivity index (χ4v) is 3.10. The minimum absolute atomic E-state index is 0.648. The molecule has 0 radical (unpaired) electrons. The third kappa shape index (κ3) is 3.19. The lowest BCUT2D eigenvalue weighted by atomic mass is 10.2. The average molecular weight is 270 g/mol. The predicted octanol–water partition coefficient (Wildman–Crippen LogP) is 4.32. The van der Waals surface area contributed by atoms with Gasteiger partial charge in [0.1, 0.15) is 0 Å². The van der Waals surface area contributed by atoms with Crippen molar-refractivity contribution in [1.29, 1.82) is 0 Å². The molecule has 1 N–H and O–H groups in total. The topological polar surface area (TPSA) is 12.0 Å². The Balaban J connectivity index is 1.95. The molecule has 16 heavy (non-hydrogen) atoms. The highest BCUT2D eigenvalue weighted by molar-refractivity contribution is 7.14. The van der Waals surface area contributed by atoms with Crippen LogP contribution in [-0.2, 0) is 6.54 Å². The molecule has 2 aromatic heterocycles. The number of halogens is 1. The molecule has 2 heterocycles. The summed E-state index contributed by atoms with van der Waals surface area (Å²) in [7, 11) is 0. The Hall–Kier alpha value is -0.610. The van der Waals surface area contributed by atoms with Crippen molar-refractivity contribution in [3.8, 4) is 10.4 Å². The molecule has 0 aromatic carbocycles. The lowest BCUT2D eigenvalue weighted by Gasteiger charge is -1.99. The summed E-state index contributed by atoms with van der Waals surface area (Å²) in [5.41, 5.74) is 1.31. The van der Waals surface area contributed by atoms with E-state index in [1.165, 1.54) is 15.3 Å². The molecule has 0 aliphatic heterocycles. The van der Waals surface area contributed by atoms with Gasteiger partial charge in [0.2, 0.25) is 0 Å². The van der Waals surface area contributed by atoms with E-state index in [4.69, 9.17) is 11.6 Å². The van der Waals surface area contributed by atoms with E-state index in [0.717, 1.165) is 6.54 Å². The molecule has 1 nitrogen and oxygen atoms in total. The Morgan fingerprint density at radius 2 is 2.31 bits per heavy atom. The van der Waals surface area contributed by atoms with Crippen molar-refractivity contribution in [2.24, 2.45) is 0 Å². The van der Waals surface area contributed by atoms with E-state index in [2.05, 4.69) is 40.9 Å². The fraction of sp³-hybridized carbons (Fsp3) is 0.167. The zero-order chi connectivity index (χ0) is 11.4. The van der Waals surface area contributed by atoms with E-state index in [1.54, 1.807) is 22.7 Å². The summed E-state index contributed by atoms with van der Waals surface area (Å²) in [6.07, 6.45) is 0. The van der Waals surface area contributed by atoms with Gasteiger partial charge >= 0.3 is 0 Å². The van der Waals surface area contributed by atoms with Gasteiger partial charge in [-0.25, -0.2) is 0 Å². The normalized spacial score (nSPS) is 10.6. The summed E-state index contributed by atoms with van der Waals surface area (Å²) in [6.45, 7) is 5.15. The lowest BCUT2D eigenvalue weighted by molar-refractivity contribution is 0.765. The van der Waals surface area contributed by atoms with Crippen LogP contribution in [0.3, 0.4) is 0 Å². The molecular weight excluding hydrogens is 258 g/mol. The maximum atomic E-state index is 5.68. The van der Waals surface area contributed by atoms with Crippen LogP contribution in [0, 0.1) is 0 Å². The maximum absolute atomic E-state index is 5.68. The van der Waals surface area contributed by atoms with Crippen molar-refractivity contribution < 1.29 is 0 Å². The Morgan fingerprint density at radius 1 is 1.44 bits per heavy atom. The number of thiophene rings is 2. The Morgan fingerprint density at radius 3 is 3.00 bits per heavy atom. The highest BCUT2D eigenvalue weighted by Crippen LogP contribution is 2.29. The van der Waals surface area contributed by atoms with E-state index in [-0.39, 0.29) is 0 Å². The van der Waals surface area contributed by atoms with Crippen LogP contribution in [0.4, 0.5) is 0 Å². The summed E-state index contributed by atoms with van der Waals surface area (Å²) in [6, 6.07) is 6.44. The first kappa shape index (κ1) is 11.9. The average Bonchev–Trinajstić information content (AvgIpc) is 2.85. The van der Waals surface area contributed by atoms with Gasteiger partial charge in [-0.1, -0.05) is 24.2 Å². The minimum Gasteiger partial charge on any atom is -0.307 e. The standard InChI is InChI=1S/C12H12ClNS2/c1-9(13)6-14-7-11-5-10(8-16-11)12-3-2-4-15-12/h2-5,8,14H,1,6-7H2. The van der Waals surface area contributed by atoms with Crippen molar-refractivity contribution in [2.75, 3.05) is 6.54 Å². The van der Waals surface area contributed by atoms with E-state index < -0.39 is 0 Å². The molecule has 4 heteroatoms. The molecule has 2 rings (SSSR count). The molecule has 0 spiro atoms. The van der Waals surface area contributed by atoms with Gasteiger partial charge < -0.3 is 5.32 Å². The second-order valence-corrected chi connectivity index (χ2v) is 5.88. The van der Waals surface area contributed by atoms with Crippen LogP contribution in [0.2, 0.25) is 0 Å². The number of hydrogen-bond acceptors (Lipinski definition) is 3. The van der Waals surface area contributed by atoms with Crippen LogP contribution >= 0.6 is 34.3 Å². The van der Waals surface area contributed by atoms with E-state index in [9.17, 15) is 0 Å². The van der Waals surface area contributed by atoms with Gasteiger partial charge in [0.15, 0.2) is 0 Å². The van der Waals surface area contributed by atoms with Gasteiger partial charge in [-0.2, -0.15) is 0 Å². The number of rotatable bonds is 5. The first-order valence-corrected chi connectivity index (χ1v) is 7.05. The Labute approximate surface area is 108 Å². The number of hydrogen-bond donors (Lipinski definition) is 1. The van der Waals surface area contributed by atoms with Gasteiger partial charge in [-0.3, -0.25) is 0 Å². The molecule has 0 atom stereocenters. The monoisotopic (exact) mass is 269 g/mol. The van der Waals surface area contributed by atoms with E-state index in [0.29, 0.717) is 11.6 Å². The van der Waals surface area contributed by atoms with Crippen molar-refractivity contribution in [1.82, 2.24) is 5.32 Å². The van der Waals surface area contributed by atoms with Gasteiger partial charge in [0, 0.05) is 33.4 Å². The van der Waals surface area contributed by atoms with Crippen LogP contribution < -0.4 is 5.32 Å². The second kappa shape index (κ2) is 5.64. The summed E-state index contributed by atoms with van der Waals surface area (Å²) in [5.74, 6) is 0. The highest BCUT2D eigenvalue weighted by Gasteiger charge is 2.02. The van der Waals surface area contributed by atoms with E-state index >= 15 is 0 Å². The molecule has 0 unspecified atom stereocenters. The molecule has 2 aromatic rings. The van der Waals surface area contributed by atoms with Gasteiger partial charge in [-0.05, 0) is 22.9 Å². The smallest absolute Gasteiger partial charge is 0.0351 e. The van der Waals surface area contributed by atoms with Crippen LogP contribution in [0.5, 0.6) is 0 Å². The Kier molecular flexibility index (Phi) is 4.18. The van der Waals surface area contributed by atoms with Crippen molar-refractivity contribution in [3.63, 3.8) is 0 Å². The van der Waals surface area contributed by atoms with Crippen LogP contribution in [0.1, 0.15) is 4.88 Å². The maximum Gasteiger partial charge on any atom is 0.0351 e. The summed E-state index contributed by atoms with van der Waals surface area (Å²) < 4.78 is 0. The zero-order valence-electron chi connectivity index (χ0n) is 8.70. The van der Waals surface area contributed by atoms with Gasteiger partial charge in [-0.15, -0.1) is 22.7 Å². The third-order valence-corrected chi connectivity index (χ3v) is 4.06. The summed E-state index contributed by atoms with van der Waals surface area (Å²) in [5, 5.41) is 8.18. The fourth-order valence-electron chi connectivity index (χ4n) is 1.37. The molecule has 0 saturated carbocycles. The van der Waals surface area contributed by atoms with Crippen molar-refractivity contribution >= 4 is 34.3 Å². The predicted molar refractivity (Wildman–Crippen MR) is 74.3 cm³/mol. The Bertz CT molecular complexity index is 459. The molecule has 0 aliphatic carbocycles. The first-order valence-electron chi connectivity index (χ1n) is 4.91. The molecule has 0 aliphatic rings. The largest absolute Gasteiger partial charge is 0.307 e. The quantitative estimate of drug-likeness (QED) is 0.852. The minimum atomic E-state index is 0.648. The molecule has 0 fully saturated rings.